The number of carbonyl (C=O) groups is 1. The van der Waals surface area contributed by atoms with Crippen LogP contribution in [-0.4, -0.2) is 22.1 Å². The maximum absolute atomic E-state index is 13.3. The minimum absolute atomic E-state index is 0.0346. The molecule has 5 nitrogen and oxygen atoms in total. The highest BCUT2D eigenvalue weighted by molar-refractivity contribution is 5.77. The summed E-state index contributed by atoms with van der Waals surface area (Å²) in [5.74, 6) is 4.89. The van der Waals surface area contributed by atoms with Crippen LogP contribution in [0.15, 0.2) is 28.8 Å². The van der Waals surface area contributed by atoms with E-state index in [1.165, 1.54) is 50.5 Å². The van der Waals surface area contributed by atoms with Gasteiger partial charge in [0.25, 0.3) is 0 Å². The normalized spacial score (nSPS) is 32.3. The number of aromatic nitrogens is 2. The molecule has 5 fully saturated rings. The van der Waals surface area contributed by atoms with Crippen LogP contribution >= 0.6 is 0 Å². The molecule has 5 saturated carbocycles. The van der Waals surface area contributed by atoms with Crippen molar-refractivity contribution < 1.29 is 9.32 Å². The molecule has 0 saturated heterocycles. The fourth-order valence-electron chi connectivity index (χ4n) is 7.75. The second-order valence-corrected chi connectivity index (χ2v) is 11.5. The maximum atomic E-state index is 13.3. The van der Waals surface area contributed by atoms with Gasteiger partial charge < -0.3 is 9.84 Å². The van der Waals surface area contributed by atoms with E-state index >= 15 is 0 Å². The minimum atomic E-state index is -0.0346. The van der Waals surface area contributed by atoms with Crippen LogP contribution in [0.2, 0.25) is 0 Å². The lowest BCUT2D eigenvalue weighted by atomic mass is 9.54. The molecular weight excluding hydrogens is 398 g/mol. The molecule has 0 spiro atoms. The molecule has 0 unspecified atom stereocenters. The fourth-order valence-corrected chi connectivity index (χ4v) is 7.75. The average Bonchev–Trinajstić information content (AvgIpc) is 3.41. The molecule has 5 aliphatic carbocycles. The molecule has 170 valence electrons. The van der Waals surface area contributed by atoms with E-state index in [1.54, 1.807) is 0 Å². The second-order valence-electron chi connectivity index (χ2n) is 11.5. The Kier molecular flexibility index (Phi) is 5.11. The van der Waals surface area contributed by atoms with Crippen LogP contribution in [-0.2, 0) is 11.2 Å². The lowest BCUT2D eigenvalue weighted by Crippen LogP contribution is -2.56. The molecule has 5 heteroatoms. The van der Waals surface area contributed by atoms with Gasteiger partial charge >= 0.3 is 0 Å². The predicted octanol–water partition coefficient (Wildman–Crippen LogP) is 5.48. The van der Waals surface area contributed by atoms with Gasteiger partial charge in [-0.1, -0.05) is 47.8 Å². The van der Waals surface area contributed by atoms with Crippen molar-refractivity contribution in [3.05, 3.63) is 35.7 Å². The summed E-state index contributed by atoms with van der Waals surface area (Å²) in [7, 11) is 0. The van der Waals surface area contributed by atoms with Gasteiger partial charge in [0, 0.05) is 24.4 Å². The quantitative estimate of drug-likeness (QED) is 0.655. The third-order valence-electron chi connectivity index (χ3n) is 9.06. The molecule has 1 amide bonds. The number of rotatable bonds is 6. The maximum Gasteiger partial charge on any atom is 0.227 e. The van der Waals surface area contributed by atoms with Gasteiger partial charge in [-0.15, -0.1) is 0 Å². The van der Waals surface area contributed by atoms with Gasteiger partial charge in [-0.05, 0) is 81.0 Å². The van der Waals surface area contributed by atoms with Gasteiger partial charge in [0.15, 0.2) is 0 Å². The van der Waals surface area contributed by atoms with E-state index in [2.05, 4.69) is 29.5 Å². The first kappa shape index (κ1) is 20.4. The van der Waals surface area contributed by atoms with Crippen LogP contribution in [0, 0.1) is 36.0 Å². The molecule has 5 aliphatic rings. The zero-order chi connectivity index (χ0) is 21.7. The zero-order valence-electron chi connectivity index (χ0n) is 19.2. The number of nitrogens with zero attached hydrogens (tertiary/aromatic N) is 2. The van der Waals surface area contributed by atoms with Crippen LogP contribution in [0.4, 0.5) is 0 Å². The molecule has 0 radical (unpaired) electrons. The van der Waals surface area contributed by atoms with Crippen molar-refractivity contribution in [1.82, 2.24) is 15.5 Å². The number of hydrogen-bond donors (Lipinski definition) is 1. The van der Waals surface area contributed by atoms with Gasteiger partial charge in [0.05, 0.1) is 0 Å². The van der Waals surface area contributed by atoms with Gasteiger partial charge in [-0.25, -0.2) is 0 Å². The molecule has 1 N–H and O–H groups in total. The predicted molar refractivity (Wildman–Crippen MR) is 123 cm³/mol. The van der Waals surface area contributed by atoms with Crippen molar-refractivity contribution in [3.63, 3.8) is 0 Å². The lowest BCUT2D eigenvalue weighted by molar-refractivity contribution is -0.127. The molecule has 7 rings (SSSR count). The van der Waals surface area contributed by atoms with Crippen molar-refractivity contribution >= 4 is 5.91 Å². The first-order valence-electron chi connectivity index (χ1n) is 12.7. The van der Waals surface area contributed by atoms with Gasteiger partial charge in [-0.3, -0.25) is 4.79 Å². The minimum Gasteiger partial charge on any atom is -0.353 e. The Labute approximate surface area is 190 Å². The van der Waals surface area contributed by atoms with E-state index in [4.69, 9.17) is 9.51 Å². The first-order chi connectivity index (χ1) is 15.6. The summed E-state index contributed by atoms with van der Waals surface area (Å²) in [5, 5.41) is 7.76. The van der Waals surface area contributed by atoms with E-state index in [0.717, 1.165) is 42.1 Å². The van der Waals surface area contributed by atoms with Crippen molar-refractivity contribution in [2.45, 2.75) is 83.6 Å². The SMILES string of the molecule is Cc1ccc(-c2noc(CC3(CC(=O)NC4C5CC6CC(C5)CC4C6)CCCC3)n2)cc1. The van der Waals surface area contributed by atoms with E-state index in [0.29, 0.717) is 30.6 Å². The molecular formula is C27H35N3O2. The van der Waals surface area contributed by atoms with Crippen LogP contribution in [0.1, 0.15) is 75.7 Å². The molecule has 1 aromatic carbocycles. The number of carbonyl (C=O) groups excluding carboxylic acids is 1. The van der Waals surface area contributed by atoms with Crippen molar-refractivity contribution in [2.24, 2.45) is 29.1 Å². The number of amides is 1. The lowest BCUT2D eigenvalue weighted by Gasteiger charge is -2.54. The third kappa shape index (κ3) is 3.88. The molecule has 32 heavy (non-hydrogen) atoms. The number of benzene rings is 1. The summed E-state index contributed by atoms with van der Waals surface area (Å²) in [6, 6.07) is 8.63. The Morgan fingerprint density at radius 3 is 2.34 bits per heavy atom. The van der Waals surface area contributed by atoms with E-state index in [-0.39, 0.29) is 11.3 Å². The van der Waals surface area contributed by atoms with E-state index in [1.807, 2.05) is 12.1 Å². The Hall–Kier alpha value is -2.17. The van der Waals surface area contributed by atoms with Gasteiger partial charge in [-0.2, -0.15) is 4.98 Å². The second kappa shape index (κ2) is 8.00. The standard InChI is InChI=1S/C27H35N3O2/c1-17-4-6-20(7-5-17)26-29-24(32-30-26)16-27(8-2-3-9-27)15-23(31)28-25-21-11-18-10-19(13-21)14-22(25)12-18/h4-7,18-19,21-22,25H,2-3,8-16H2,1H3,(H,28,31). The smallest absolute Gasteiger partial charge is 0.227 e. The van der Waals surface area contributed by atoms with Crippen LogP contribution in [0.3, 0.4) is 0 Å². The summed E-state index contributed by atoms with van der Waals surface area (Å²) in [6.45, 7) is 2.07. The molecule has 4 bridgehead atoms. The highest BCUT2D eigenvalue weighted by Crippen LogP contribution is 2.54. The van der Waals surface area contributed by atoms with Gasteiger partial charge in [0.1, 0.15) is 0 Å². The molecule has 2 aromatic rings. The highest BCUT2D eigenvalue weighted by atomic mass is 16.5. The summed E-state index contributed by atoms with van der Waals surface area (Å²) in [4.78, 5) is 18.0. The summed E-state index contributed by atoms with van der Waals surface area (Å²) < 4.78 is 5.65. The van der Waals surface area contributed by atoms with Crippen molar-refractivity contribution in [2.75, 3.05) is 0 Å². The topological polar surface area (TPSA) is 68.0 Å². The summed E-state index contributed by atoms with van der Waals surface area (Å²) in [6.07, 6.45) is 12.6. The average molecular weight is 434 g/mol. The molecule has 1 heterocycles. The Balaban J connectivity index is 1.13. The Bertz CT molecular complexity index is 945. The third-order valence-corrected chi connectivity index (χ3v) is 9.06. The van der Waals surface area contributed by atoms with Crippen LogP contribution < -0.4 is 5.32 Å². The summed E-state index contributed by atoms with van der Waals surface area (Å²) in [5.41, 5.74) is 2.16. The van der Waals surface area contributed by atoms with E-state index < -0.39 is 0 Å². The molecule has 0 aliphatic heterocycles. The number of aryl methyl sites for hydroxylation is 1. The zero-order valence-corrected chi connectivity index (χ0v) is 19.2. The van der Waals surface area contributed by atoms with Gasteiger partial charge in [0.2, 0.25) is 17.6 Å². The number of hydrogen-bond acceptors (Lipinski definition) is 4. The summed E-state index contributed by atoms with van der Waals surface area (Å²) >= 11 is 0. The number of nitrogens with one attached hydrogen (secondary N) is 1. The molecule has 1 aromatic heterocycles. The Morgan fingerprint density at radius 2 is 1.69 bits per heavy atom. The molecule has 0 atom stereocenters. The largest absolute Gasteiger partial charge is 0.353 e. The highest BCUT2D eigenvalue weighted by Gasteiger charge is 2.49. The van der Waals surface area contributed by atoms with Crippen molar-refractivity contribution in [1.29, 1.82) is 0 Å². The van der Waals surface area contributed by atoms with Crippen LogP contribution in [0.5, 0.6) is 0 Å². The Morgan fingerprint density at radius 1 is 1.03 bits per heavy atom. The fraction of sp³-hybridized carbons (Fsp3) is 0.667. The van der Waals surface area contributed by atoms with E-state index in [9.17, 15) is 4.79 Å². The van der Waals surface area contributed by atoms with Crippen molar-refractivity contribution in [3.8, 4) is 11.4 Å². The first-order valence-corrected chi connectivity index (χ1v) is 12.7. The van der Waals surface area contributed by atoms with Crippen LogP contribution in [0.25, 0.3) is 11.4 Å². The monoisotopic (exact) mass is 433 g/mol.